The standard InChI is InChI=1S/C16H17I/c1-12-4-3-5-14(10-12)8-9-15-7-6-13(2)16(17)11-15/h3-7,10-11H,8-9H2,1-2H3. The lowest BCUT2D eigenvalue weighted by Gasteiger charge is -2.05. The Morgan fingerprint density at radius 1 is 0.882 bits per heavy atom. The average Bonchev–Trinajstić information content (AvgIpc) is 2.31. The first-order valence-corrected chi connectivity index (χ1v) is 7.03. The highest BCUT2D eigenvalue weighted by Crippen LogP contribution is 2.15. The summed E-state index contributed by atoms with van der Waals surface area (Å²) in [6, 6.07) is 15.5. The lowest BCUT2D eigenvalue weighted by molar-refractivity contribution is 0.955. The van der Waals surface area contributed by atoms with Crippen molar-refractivity contribution in [2.75, 3.05) is 0 Å². The van der Waals surface area contributed by atoms with Gasteiger partial charge in [-0.15, -0.1) is 0 Å². The molecule has 0 nitrogen and oxygen atoms in total. The number of halogens is 1. The normalized spacial score (nSPS) is 10.5. The van der Waals surface area contributed by atoms with E-state index in [1.807, 2.05) is 0 Å². The fraction of sp³-hybridized carbons (Fsp3) is 0.250. The minimum Gasteiger partial charge on any atom is -0.0617 e. The van der Waals surface area contributed by atoms with Gasteiger partial charge in [0.05, 0.1) is 0 Å². The summed E-state index contributed by atoms with van der Waals surface area (Å²) < 4.78 is 1.37. The predicted molar refractivity (Wildman–Crippen MR) is 82.5 cm³/mol. The Kier molecular flexibility index (Phi) is 4.21. The molecule has 0 aliphatic heterocycles. The van der Waals surface area contributed by atoms with E-state index in [4.69, 9.17) is 0 Å². The van der Waals surface area contributed by atoms with E-state index in [1.54, 1.807) is 0 Å². The van der Waals surface area contributed by atoms with Gasteiger partial charge in [-0.05, 0) is 72.0 Å². The monoisotopic (exact) mass is 336 g/mol. The van der Waals surface area contributed by atoms with Crippen molar-refractivity contribution in [1.29, 1.82) is 0 Å². The number of hydrogen-bond donors (Lipinski definition) is 0. The first-order chi connectivity index (χ1) is 8.15. The molecule has 2 rings (SSSR count). The van der Waals surface area contributed by atoms with Crippen LogP contribution in [0.5, 0.6) is 0 Å². The van der Waals surface area contributed by atoms with Crippen LogP contribution in [0.2, 0.25) is 0 Å². The van der Waals surface area contributed by atoms with E-state index < -0.39 is 0 Å². The van der Waals surface area contributed by atoms with Crippen LogP contribution < -0.4 is 0 Å². The van der Waals surface area contributed by atoms with Crippen molar-refractivity contribution in [1.82, 2.24) is 0 Å². The zero-order chi connectivity index (χ0) is 12.3. The number of rotatable bonds is 3. The van der Waals surface area contributed by atoms with E-state index >= 15 is 0 Å². The quantitative estimate of drug-likeness (QED) is 0.713. The highest BCUT2D eigenvalue weighted by atomic mass is 127. The molecule has 17 heavy (non-hydrogen) atoms. The molecule has 0 saturated carbocycles. The van der Waals surface area contributed by atoms with E-state index in [1.165, 1.54) is 25.8 Å². The molecule has 0 unspecified atom stereocenters. The molecule has 0 saturated heterocycles. The largest absolute Gasteiger partial charge is 0.0617 e. The summed E-state index contributed by atoms with van der Waals surface area (Å²) in [7, 11) is 0. The SMILES string of the molecule is Cc1cccc(CCc2ccc(C)c(I)c2)c1. The maximum atomic E-state index is 2.41. The highest BCUT2D eigenvalue weighted by Gasteiger charge is 1.99. The lowest BCUT2D eigenvalue weighted by atomic mass is 10.0. The van der Waals surface area contributed by atoms with Gasteiger partial charge in [0.2, 0.25) is 0 Å². The van der Waals surface area contributed by atoms with Crippen molar-refractivity contribution >= 4 is 22.6 Å². The van der Waals surface area contributed by atoms with Gasteiger partial charge < -0.3 is 0 Å². The van der Waals surface area contributed by atoms with E-state index in [9.17, 15) is 0 Å². The lowest BCUT2D eigenvalue weighted by Crippen LogP contribution is -1.93. The molecule has 0 radical (unpaired) electrons. The van der Waals surface area contributed by atoms with Crippen LogP contribution in [-0.2, 0) is 12.8 Å². The van der Waals surface area contributed by atoms with Gasteiger partial charge in [0, 0.05) is 3.57 Å². The molecule has 0 bridgehead atoms. The Bertz CT molecular complexity index is 515. The molecular weight excluding hydrogens is 319 g/mol. The van der Waals surface area contributed by atoms with Crippen LogP contribution in [-0.4, -0.2) is 0 Å². The second kappa shape index (κ2) is 5.67. The van der Waals surface area contributed by atoms with Crippen LogP contribution in [0.15, 0.2) is 42.5 Å². The zero-order valence-electron chi connectivity index (χ0n) is 10.3. The van der Waals surface area contributed by atoms with Crippen molar-refractivity contribution in [3.05, 3.63) is 68.3 Å². The highest BCUT2D eigenvalue weighted by molar-refractivity contribution is 14.1. The Hall–Kier alpha value is -0.830. The summed E-state index contributed by atoms with van der Waals surface area (Å²) >= 11 is 2.41. The minimum atomic E-state index is 1.12. The maximum Gasteiger partial charge on any atom is 0.0162 e. The molecule has 1 heteroatoms. The van der Waals surface area contributed by atoms with E-state index in [0.717, 1.165) is 12.8 Å². The van der Waals surface area contributed by atoms with Crippen LogP contribution >= 0.6 is 22.6 Å². The van der Waals surface area contributed by atoms with Gasteiger partial charge in [-0.2, -0.15) is 0 Å². The third-order valence-corrected chi connectivity index (χ3v) is 4.18. The van der Waals surface area contributed by atoms with E-state index in [-0.39, 0.29) is 0 Å². The molecule has 88 valence electrons. The fourth-order valence-electron chi connectivity index (χ4n) is 1.95. The third kappa shape index (κ3) is 3.56. The number of benzene rings is 2. The predicted octanol–water partition coefficient (Wildman–Crippen LogP) is 4.69. The molecular formula is C16H17I. The summed E-state index contributed by atoms with van der Waals surface area (Å²) in [5.41, 5.74) is 5.58. The Balaban J connectivity index is 2.05. The number of aryl methyl sites for hydroxylation is 4. The zero-order valence-corrected chi connectivity index (χ0v) is 12.5. The molecule has 0 aliphatic rings. The van der Waals surface area contributed by atoms with Gasteiger partial charge in [-0.3, -0.25) is 0 Å². The topological polar surface area (TPSA) is 0 Å². The van der Waals surface area contributed by atoms with Gasteiger partial charge in [0.15, 0.2) is 0 Å². The van der Waals surface area contributed by atoms with Crippen LogP contribution in [0.25, 0.3) is 0 Å². The van der Waals surface area contributed by atoms with Crippen LogP contribution in [0.3, 0.4) is 0 Å². The van der Waals surface area contributed by atoms with Crippen molar-refractivity contribution in [3.63, 3.8) is 0 Å². The molecule has 0 amide bonds. The Labute approximate surface area is 117 Å². The minimum absolute atomic E-state index is 1.12. The molecule has 0 heterocycles. The summed E-state index contributed by atoms with van der Waals surface area (Å²) in [4.78, 5) is 0. The van der Waals surface area contributed by atoms with Crippen molar-refractivity contribution in [3.8, 4) is 0 Å². The molecule has 0 fully saturated rings. The summed E-state index contributed by atoms with van der Waals surface area (Å²) in [5.74, 6) is 0. The molecule has 0 atom stereocenters. The average molecular weight is 336 g/mol. The van der Waals surface area contributed by atoms with Crippen molar-refractivity contribution in [2.45, 2.75) is 26.7 Å². The Morgan fingerprint density at radius 2 is 1.59 bits per heavy atom. The third-order valence-electron chi connectivity index (χ3n) is 3.02. The van der Waals surface area contributed by atoms with Gasteiger partial charge in [0.25, 0.3) is 0 Å². The van der Waals surface area contributed by atoms with E-state index in [2.05, 4.69) is 78.9 Å². The first-order valence-electron chi connectivity index (χ1n) is 5.96. The molecule has 0 N–H and O–H groups in total. The summed E-state index contributed by atoms with van der Waals surface area (Å²) in [6.45, 7) is 4.31. The molecule has 0 spiro atoms. The second-order valence-corrected chi connectivity index (χ2v) is 5.73. The van der Waals surface area contributed by atoms with Gasteiger partial charge in [-0.1, -0.05) is 42.0 Å². The molecule has 0 aromatic heterocycles. The van der Waals surface area contributed by atoms with Gasteiger partial charge in [0.1, 0.15) is 0 Å². The molecule has 0 aliphatic carbocycles. The summed E-state index contributed by atoms with van der Waals surface area (Å²) in [6.07, 6.45) is 2.25. The van der Waals surface area contributed by atoms with Crippen LogP contribution in [0, 0.1) is 17.4 Å². The van der Waals surface area contributed by atoms with Crippen LogP contribution in [0.4, 0.5) is 0 Å². The van der Waals surface area contributed by atoms with Gasteiger partial charge >= 0.3 is 0 Å². The van der Waals surface area contributed by atoms with Crippen molar-refractivity contribution in [2.24, 2.45) is 0 Å². The molecule has 2 aromatic rings. The first kappa shape index (κ1) is 12.6. The maximum absolute atomic E-state index is 2.41. The summed E-state index contributed by atoms with van der Waals surface area (Å²) in [5, 5.41) is 0. The second-order valence-electron chi connectivity index (χ2n) is 4.57. The molecule has 2 aromatic carbocycles. The van der Waals surface area contributed by atoms with E-state index in [0.29, 0.717) is 0 Å². The number of hydrogen-bond acceptors (Lipinski definition) is 0. The van der Waals surface area contributed by atoms with Crippen LogP contribution in [0.1, 0.15) is 22.3 Å². The van der Waals surface area contributed by atoms with Gasteiger partial charge in [-0.25, -0.2) is 0 Å². The smallest absolute Gasteiger partial charge is 0.0162 e. The van der Waals surface area contributed by atoms with Crippen molar-refractivity contribution < 1.29 is 0 Å². The fourth-order valence-corrected chi connectivity index (χ4v) is 2.53. The Morgan fingerprint density at radius 3 is 2.24 bits per heavy atom.